The maximum absolute atomic E-state index is 13.9. The summed E-state index contributed by atoms with van der Waals surface area (Å²) in [7, 11) is 0. The molecule has 3 rings (SSSR count). The number of amides is 3. The largest absolute Gasteiger partial charge is 0.451 e. The zero-order valence-corrected chi connectivity index (χ0v) is 19.5. The van der Waals surface area contributed by atoms with E-state index < -0.39 is 66.9 Å². The molecule has 1 N–H and O–H groups in total. The van der Waals surface area contributed by atoms with Crippen molar-refractivity contribution in [3.63, 3.8) is 0 Å². The molecule has 1 atom stereocenters. The van der Waals surface area contributed by atoms with E-state index in [1.165, 1.54) is 4.90 Å². The summed E-state index contributed by atoms with van der Waals surface area (Å²) in [5, 5.41) is 9.13. The van der Waals surface area contributed by atoms with Crippen LogP contribution in [0.5, 0.6) is 0 Å². The maximum Gasteiger partial charge on any atom is 0.451 e. The highest BCUT2D eigenvalue weighted by Crippen LogP contribution is 2.30. The number of likely N-dealkylation sites (tertiary alicyclic amines) is 1. The molecule has 2 aliphatic rings. The smallest absolute Gasteiger partial charge is 0.444 e. The molecule has 0 aliphatic carbocycles. The first-order valence-electron chi connectivity index (χ1n) is 11.0. The fourth-order valence-corrected chi connectivity index (χ4v) is 3.88. The van der Waals surface area contributed by atoms with Crippen molar-refractivity contribution in [2.24, 2.45) is 0 Å². The number of piperidine rings is 1. The Bertz CT molecular complexity index is 974. The van der Waals surface area contributed by atoms with Crippen molar-refractivity contribution >= 4 is 17.9 Å². The zero-order valence-electron chi connectivity index (χ0n) is 19.5. The lowest BCUT2D eigenvalue weighted by atomic mass is 10.0. The molecule has 35 heavy (non-hydrogen) atoms. The number of fused-ring (bicyclic) bond motifs is 1. The fourth-order valence-electron chi connectivity index (χ4n) is 3.88. The van der Waals surface area contributed by atoms with Crippen LogP contribution < -0.4 is 5.32 Å². The van der Waals surface area contributed by atoms with Gasteiger partial charge in [0.15, 0.2) is 5.82 Å². The average Bonchev–Trinajstić information content (AvgIpc) is 3.12. The molecule has 0 radical (unpaired) electrons. The molecular weight excluding hydrogens is 483 g/mol. The number of ether oxygens (including phenoxy) is 1. The van der Waals surface area contributed by atoms with Crippen molar-refractivity contribution in [1.82, 2.24) is 29.9 Å². The molecule has 0 spiro atoms. The fraction of sp³-hybridized carbons (Fsp3) is 0.750. The Balaban J connectivity index is 1.71. The predicted molar refractivity (Wildman–Crippen MR) is 109 cm³/mol. The maximum atomic E-state index is 13.9. The summed E-state index contributed by atoms with van der Waals surface area (Å²) in [5.41, 5.74) is -0.875. The monoisotopic (exact) mass is 510 g/mol. The third-order valence-corrected chi connectivity index (χ3v) is 5.42. The molecule has 2 aliphatic heterocycles. The van der Waals surface area contributed by atoms with Crippen LogP contribution in [0, 0.1) is 0 Å². The highest BCUT2D eigenvalue weighted by atomic mass is 19.4. The first kappa shape index (κ1) is 26.6. The van der Waals surface area contributed by atoms with Crippen LogP contribution in [0.25, 0.3) is 0 Å². The zero-order chi connectivity index (χ0) is 26.2. The van der Waals surface area contributed by atoms with Gasteiger partial charge >= 0.3 is 12.3 Å². The SMILES string of the molecule is CC(C)(C)OC(=O)NC(CC(=O)N1CCn2c(nnc2C(F)(F)F)C1)CN1CC(F)(F)CCC1=O. The Kier molecular flexibility index (Phi) is 7.27. The Morgan fingerprint density at radius 2 is 1.86 bits per heavy atom. The van der Waals surface area contributed by atoms with Crippen molar-refractivity contribution in [1.29, 1.82) is 0 Å². The van der Waals surface area contributed by atoms with Gasteiger partial charge in [-0.15, -0.1) is 10.2 Å². The predicted octanol–water partition coefficient (Wildman–Crippen LogP) is 2.18. The lowest BCUT2D eigenvalue weighted by Crippen LogP contribution is -2.54. The van der Waals surface area contributed by atoms with Gasteiger partial charge in [-0.3, -0.25) is 9.59 Å². The summed E-state index contributed by atoms with van der Waals surface area (Å²) in [4.78, 5) is 39.6. The number of hydrogen-bond acceptors (Lipinski definition) is 6. The number of nitrogens with one attached hydrogen (secondary N) is 1. The summed E-state index contributed by atoms with van der Waals surface area (Å²) in [5.74, 6) is -5.41. The molecule has 3 heterocycles. The van der Waals surface area contributed by atoms with Crippen LogP contribution in [0.3, 0.4) is 0 Å². The highest BCUT2D eigenvalue weighted by molar-refractivity contribution is 5.79. The van der Waals surface area contributed by atoms with Crippen molar-refractivity contribution in [3.8, 4) is 0 Å². The number of halogens is 5. The summed E-state index contributed by atoms with van der Waals surface area (Å²) in [6, 6.07) is -1.07. The quantitative estimate of drug-likeness (QED) is 0.609. The molecule has 196 valence electrons. The van der Waals surface area contributed by atoms with E-state index in [2.05, 4.69) is 15.5 Å². The first-order chi connectivity index (χ1) is 16.0. The standard InChI is InChI=1S/C20H27F5N6O4/c1-18(2,3)35-17(34)26-12(9-30-11-19(21,22)5-4-14(30)32)8-15(33)29-6-7-31-13(10-29)27-28-16(31)20(23,24)25/h12H,4-11H2,1-3H3,(H,26,34). The second kappa shape index (κ2) is 9.57. The molecule has 0 aromatic carbocycles. The van der Waals surface area contributed by atoms with Crippen LogP contribution in [0.2, 0.25) is 0 Å². The summed E-state index contributed by atoms with van der Waals surface area (Å²) < 4.78 is 72.9. The van der Waals surface area contributed by atoms with E-state index in [1.807, 2.05) is 0 Å². The van der Waals surface area contributed by atoms with Crippen LogP contribution in [0.1, 0.15) is 51.7 Å². The van der Waals surface area contributed by atoms with E-state index in [-0.39, 0.29) is 38.4 Å². The van der Waals surface area contributed by atoms with Gasteiger partial charge in [-0.05, 0) is 20.8 Å². The number of carbonyl (C=O) groups is 3. The lowest BCUT2D eigenvalue weighted by molar-refractivity contribution is -0.149. The van der Waals surface area contributed by atoms with Gasteiger partial charge in [0.05, 0.1) is 19.1 Å². The summed E-state index contributed by atoms with van der Waals surface area (Å²) >= 11 is 0. The molecule has 1 aromatic heterocycles. The van der Waals surface area contributed by atoms with Crippen molar-refractivity contribution < 1.29 is 41.1 Å². The first-order valence-corrected chi connectivity index (χ1v) is 11.0. The van der Waals surface area contributed by atoms with Gasteiger partial charge in [-0.25, -0.2) is 13.6 Å². The number of alkyl carbamates (subject to hydrolysis) is 1. The van der Waals surface area contributed by atoms with Crippen molar-refractivity contribution in [3.05, 3.63) is 11.6 Å². The third-order valence-electron chi connectivity index (χ3n) is 5.42. The number of rotatable bonds is 5. The minimum Gasteiger partial charge on any atom is -0.444 e. The highest BCUT2D eigenvalue weighted by Gasteiger charge is 2.41. The number of carbonyl (C=O) groups excluding carboxylic acids is 3. The van der Waals surface area contributed by atoms with Gasteiger partial charge in [0, 0.05) is 38.9 Å². The summed E-state index contributed by atoms with van der Waals surface area (Å²) in [6.07, 6.45) is -6.94. The minimum atomic E-state index is -4.69. The second-order valence-corrected chi connectivity index (χ2v) is 9.58. The van der Waals surface area contributed by atoms with Crippen LogP contribution in [-0.4, -0.2) is 79.7 Å². The van der Waals surface area contributed by atoms with Gasteiger partial charge < -0.3 is 24.4 Å². The van der Waals surface area contributed by atoms with Crippen LogP contribution in [0.15, 0.2) is 0 Å². The number of nitrogens with zero attached hydrogens (tertiary/aromatic N) is 5. The van der Waals surface area contributed by atoms with Gasteiger partial charge in [0.2, 0.25) is 17.6 Å². The average molecular weight is 510 g/mol. The topological polar surface area (TPSA) is 110 Å². The van der Waals surface area contributed by atoms with E-state index in [0.29, 0.717) is 0 Å². The van der Waals surface area contributed by atoms with Crippen LogP contribution in [-0.2, 0) is 33.6 Å². The molecule has 0 bridgehead atoms. The van der Waals surface area contributed by atoms with E-state index >= 15 is 0 Å². The molecule has 1 saturated heterocycles. The van der Waals surface area contributed by atoms with Gasteiger partial charge in [-0.1, -0.05) is 0 Å². The normalized spacial score (nSPS) is 19.3. The Morgan fingerprint density at radius 3 is 2.49 bits per heavy atom. The Labute approximate surface area is 197 Å². The van der Waals surface area contributed by atoms with E-state index in [1.54, 1.807) is 20.8 Å². The van der Waals surface area contributed by atoms with Gasteiger partial charge in [0.25, 0.3) is 5.92 Å². The van der Waals surface area contributed by atoms with Gasteiger partial charge in [-0.2, -0.15) is 13.2 Å². The molecule has 10 nitrogen and oxygen atoms in total. The van der Waals surface area contributed by atoms with Crippen LogP contribution >= 0.6 is 0 Å². The van der Waals surface area contributed by atoms with Gasteiger partial charge in [0.1, 0.15) is 5.60 Å². The number of aromatic nitrogens is 3. The number of alkyl halides is 5. The molecule has 3 amide bonds. The van der Waals surface area contributed by atoms with E-state index in [4.69, 9.17) is 4.74 Å². The molecular formula is C20H27F5N6O4. The van der Waals surface area contributed by atoms with Crippen molar-refractivity contribution in [2.45, 2.75) is 76.9 Å². The molecule has 1 unspecified atom stereocenters. The third kappa shape index (κ3) is 7.01. The van der Waals surface area contributed by atoms with Crippen LogP contribution in [0.4, 0.5) is 26.7 Å². The Hall–Kier alpha value is -3.00. The van der Waals surface area contributed by atoms with E-state index in [0.717, 1.165) is 9.47 Å². The summed E-state index contributed by atoms with van der Waals surface area (Å²) in [6.45, 7) is 3.11. The minimum absolute atomic E-state index is 0.0561. The molecule has 1 aromatic rings. The van der Waals surface area contributed by atoms with E-state index in [9.17, 15) is 36.3 Å². The second-order valence-electron chi connectivity index (χ2n) is 9.58. The number of hydrogen-bond donors (Lipinski definition) is 1. The lowest BCUT2D eigenvalue weighted by Gasteiger charge is -2.35. The molecule has 15 heteroatoms. The Morgan fingerprint density at radius 1 is 1.17 bits per heavy atom. The molecule has 1 fully saturated rings. The van der Waals surface area contributed by atoms with Crippen molar-refractivity contribution in [2.75, 3.05) is 19.6 Å². The molecule has 0 saturated carbocycles.